The van der Waals surface area contributed by atoms with E-state index >= 15 is 0 Å². The SMILES string of the molecule is O=c1c(-c2c(Cl)cc(-c3nccs3)cc2Cl)cc2cnc(Nc3ccc(N4CCNCC4)c(Cl)c3)nc2n1Cc1ccccc1C(F)(F)F. The lowest BCUT2D eigenvalue weighted by Crippen LogP contribution is -2.43. The highest BCUT2D eigenvalue weighted by molar-refractivity contribution is 7.13. The zero-order valence-corrected chi connectivity index (χ0v) is 28.4. The molecule has 7 rings (SSSR count). The van der Waals surface area contributed by atoms with Gasteiger partial charge in [0.15, 0.2) is 0 Å². The third-order valence-corrected chi connectivity index (χ3v) is 9.85. The van der Waals surface area contributed by atoms with Crippen LogP contribution in [0.2, 0.25) is 15.1 Å². The lowest BCUT2D eigenvalue weighted by Gasteiger charge is -2.30. The van der Waals surface area contributed by atoms with Crippen LogP contribution in [0.5, 0.6) is 0 Å². The Hall–Kier alpha value is -4.20. The molecule has 0 amide bonds. The van der Waals surface area contributed by atoms with Gasteiger partial charge in [0, 0.05) is 66.2 Å². The van der Waals surface area contributed by atoms with Gasteiger partial charge in [0.1, 0.15) is 10.7 Å². The number of piperazine rings is 1. The minimum absolute atomic E-state index is 0.0808. The van der Waals surface area contributed by atoms with Gasteiger partial charge in [-0.25, -0.2) is 9.97 Å². The van der Waals surface area contributed by atoms with E-state index in [2.05, 4.69) is 30.5 Å². The monoisotopic (exact) mass is 741 g/mol. The third-order valence-electron chi connectivity index (χ3n) is 8.13. The Kier molecular flexibility index (Phi) is 9.25. The second-order valence-electron chi connectivity index (χ2n) is 11.3. The van der Waals surface area contributed by atoms with Gasteiger partial charge in [0.25, 0.3) is 5.56 Å². The number of hydrogen-bond acceptors (Lipinski definition) is 8. The van der Waals surface area contributed by atoms with Crippen molar-refractivity contribution in [2.45, 2.75) is 12.7 Å². The summed E-state index contributed by atoms with van der Waals surface area (Å²) in [5, 5.41) is 10.2. The highest BCUT2D eigenvalue weighted by atomic mass is 35.5. The number of pyridine rings is 1. The molecule has 6 aromatic rings. The van der Waals surface area contributed by atoms with Gasteiger partial charge >= 0.3 is 6.18 Å². The molecule has 0 aliphatic carbocycles. The van der Waals surface area contributed by atoms with Crippen molar-refractivity contribution in [2.24, 2.45) is 0 Å². The molecule has 3 aromatic heterocycles. The molecule has 1 aliphatic rings. The quantitative estimate of drug-likeness (QED) is 0.169. The average Bonchev–Trinajstić information content (AvgIpc) is 3.62. The molecular formula is C34H25Cl3F3N7OS. The van der Waals surface area contributed by atoms with Crippen LogP contribution in [0.4, 0.5) is 30.5 Å². The van der Waals surface area contributed by atoms with Crippen molar-refractivity contribution >= 4 is 74.5 Å². The van der Waals surface area contributed by atoms with Gasteiger partial charge in [-0.15, -0.1) is 11.3 Å². The molecule has 0 radical (unpaired) electrons. The fraction of sp³-hybridized carbons (Fsp3) is 0.176. The first-order chi connectivity index (χ1) is 23.6. The van der Waals surface area contributed by atoms with Crippen LogP contribution in [0.3, 0.4) is 0 Å². The number of fused-ring (bicyclic) bond motifs is 1. The summed E-state index contributed by atoms with van der Waals surface area (Å²) in [5.74, 6) is 0.118. The van der Waals surface area contributed by atoms with E-state index in [0.717, 1.165) is 37.9 Å². The Morgan fingerprint density at radius 1 is 0.939 bits per heavy atom. The summed E-state index contributed by atoms with van der Waals surface area (Å²) >= 11 is 21.5. The van der Waals surface area contributed by atoms with E-state index in [0.29, 0.717) is 26.7 Å². The molecule has 0 bridgehead atoms. The van der Waals surface area contributed by atoms with Crippen LogP contribution in [-0.2, 0) is 12.7 Å². The van der Waals surface area contributed by atoms with E-state index in [1.165, 1.54) is 40.3 Å². The summed E-state index contributed by atoms with van der Waals surface area (Å²) in [4.78, 5) is 29.9. The first kappa shape index (κ1) is 33.3. The maximum Gasteiger partial charge on any atom is 0.416 e. The van der Waals surface area contributed by atoms with Gasteiger partial charge in [-0.2, -0.15) is 18.2 Å². The number of rotatable bonds is 7. The molecule has 0 unspecified atom stereocenters. The fourth-order valence-corrected chi connectivity index (χ4v) is 7.46. The molecule has 2 N–H and O–H groups in total. The maximum atomic E-state index is 14.3. The number of nitrogens with zero attached hydrogens (tertiary/aromatic N) is 5. The third kappa shape index (κ3) is 6.84. The fourth-order valence-electron chi connectivity index (χ4n) is 5.85. The van der Waals surface area contributed by atoms with Gasteiger partial charge in [0.2, 0.25) is 5.95 Å². The topological polar surface area (TPSA) is 88.0 Å². The van der Waals surface area contributed by atoms with Gasteiger partial charge < -0.3 is 15.5 Å². The highest BCUT2D eigenvalue weighted by Crippen LogP contribution is 2.39. The van der Waals surface area contributed by atoms with Crippen molar-refractivity contribution < 1.29 is 13.2 Å². The molecule has 250 valence electrons. The molecule has 3 aromatic carbocycles. The molecule has 1 saturated heterocycles. The average molecular weight is 743 g/mol. The molecule has 4 heterocycles. The van der Waals surface area contributed by atoms with Crippen LogP contribution in [0.15, 0.2) is 83.2 Å². The summed E-state index contributed by atoms with van der Waals surface area (Å²) in [6.45, 7) is 2.92. The summed E-state index contributed by atoms with van der Waals surface area (Å²) in [7, 11) is 0. The number of anilines is 3. The normalized spacial score (nSPS) is 13.6. The number of nitrogens with one attached hydrogen (secondary N) is 2. The Bertz CT molecular complexity index is 2220. The first-order valence-electron chi connectivity index (χ1n) is 15.0. The minimum Gasteiger partial charge on any atom is -0.368 e. The number of hydrogen-bond donors (Lipinski definition) is 2. The number of thiazole rings is 1. The molecule has 0 atom stereocenters. The van der Waals surface area contributed by atoms with Gasteiger partial charge in [0.05, 0.1) is 38.4 Å². The van der Waals surface area contributed by atoms with E-state index in [1.807, 2.05) is 17.5 Å². The molecule has 0 spiro atoms. The predicted molar refractivity (Wildman–Crippen MR) is 191 cm³/mol. The van der Waals surface area contributed by atoms with Crippen molar-refractivity contribution in [1.82, 2.24) is 24.8 Å². The molecule has 8 nitrogen and oxygen atoms in total. The van der Waals surface area contributed by atoms with Gasteiger partial charge in [-0.3, -0.25) is 9.36 Å². The highest BCUT2D eigenvalue weighted by Gasteiger charge is 2.33. The molecular weight excluding hydrogens is 718 g/mol. The Labute approximate surface area is 297 Å². The maximum absolute atomic E-state index is 14.3. The van der Waals surface area contributed by atoms with Crippen molar-refractivity contribution in [3.8, 4) is 21.7 Å². The number of aromatic nitrogens is 4. The second kappa shape index (κ2) is 13.6. The zero-order valence-electron chi connectivity index (χ0n) is 25.4. The second-order valence-corrected chi connectivity index (χ2v) is 13.4. The summed E-state index contributed by atoms with van der Waals surface area (Å²) in [5.41, 5.74) is 0.957. The Balaban J connectivity index is 1.34. The summed E-state index contributed by atoms with van der Waals surface area (Å²) < 4.78 is 43.4. The van der Waals surface area contributed by atoms with Crippen LogP contribution >= 0.6 is 46.1 Å². The van der Waals surface area contributed by atoms with E-state index in [1.54, 1.807) is 30.5 Å². The molecule has 49 heavy (non-hydrogen) atoms. The van der Waals surface area contributed by atoms with Gasteiger partial charge in [-0.05, 0) is 48.0 Å². The van der Waals surface area contributed by atoms with Crippen LogP contribution in [0, 0.1) is 0 Å². The van der Waals surface area contributed by atoms with Gasteiger partial charge in [-0.1, -0.05) is 53.0 Å². The molecule has 0 saturated carbocycles. The van der Waals surface area contributed by atoms with Crippen LogP contribution in [0.25, 0.3) is 32.7 Å². The van der Waals surface area contributed by atoms with Crippen molar-refractivity contribution in [2.75, 3.05) is 36.4 Å². The largest absolute Gasteiger partial charge is 0.416 e. The van der Waals surface area contributed by atoms with Crippen LogP contribution < -0.4 is 21.1 Å². The summed E-state index contributed by atoms with van der Waals surface area (Å²) in [6, 6.07) is 15.4. The number of alkyl halides is 3. The summed E-state index contributed by atoms with van der Waals surface area (Å²) in [6.07, 6.45) is -1.51. The van der Waals surface area contributed by atoms with E-state index < -0.39 is 23.8 Å². The lowest BCUT2D eigenvalue weighted by atomic mass is 10.0. The smallest absolute Gasteiger partial charge is 0.368 e. The Morgan fingerprint density at radius 3 is 2.39 bits per heavy atom. The standard InChI is InChI=1S/C34H25Cl3F3N7OS/c35-25-16-22(5-6-28(25)46-10-7-41-8-11-46)44-33-43-17-21-13-23(29-26(36)14-20(15-27(29)37)31-42-9-12-49-31)32(48)47(30(21)45-33)18-19-3-1-2-4-24(19)34(38,39)40/h1-6,9,12-17,41H,7-8,10-11,18H2,(H,43,44,45). The molecule has 15 heteroatoms. The van der Waals surface area contributed by atoms with E-state index in [9.17, 15) is 18.0 Å². The lowest BCUT2D eigenvalue weighted by molar-refractivity contribution is -0.138. The van der Waals surface area contributed by atoms with E-state index in [4.69, 9.17) is 34.8 Å². The zero-order chi connectivity index (χ0) is 34.3. The molecule has 1 aliphatic heterocycles. The van der Waals surface area contributed by atoms with Crippen LogP contribution in [0.1, 0.15) is 11.1 Å². The molecule has 1 fully saturated rings. The number of halogens is 6. The Morgan fingerprint density at radius 2 is 1.69 bits per heavy atom. The van der Waals surface area contributed by atoms with E-state index in [-0.39, 0.29) is 38.3 Å². The number of benzene rings is 3. The predicted octanol–water partition coefficient (Wildman–Crippen LogP) is 8.76. The minimum atomic E-state index is -4.65. The first-order valence-corrected chi connectivity index (χ1v) is 17.1. The van der Waals surface area contributed by atoms with Crippen molar-refractivity contribution in [3.05, 3.63) is 115 Å². The van der Waals surface area contributed by atoms with Crippen molar-refractivity contribution in [1.29, 1.82) is 0 Å². The van der Waals surface area contributed by atoms with Crippen LogP contribution in [-0.4, -0.2) is 45.7 Å². The van der Waals surface area contributed by atoms with Crippen molar-refractivity contribution in [3.63, 3.8) is 0 Å².